The zero-order valence-electron chi connectivity index (χ0n) is 14.4. The van der Waals surface area contributed by atoms with Gasteiger partial charge in [0.05, 0.1) is 18.0 Å². The molecule has 0 spiro atoms. The van der Waals surface area contributed by atoms with Crippen molar-refractivity contribution in [1.82, 2.24) is 14.4 Å². The summed E-state index contributed by atoms with van der Waals surface area (Å²) in [6.45, 7) is 1.69. The Morgan fingerprint density at radius 2 is 1.89 bits per heavy atom. The van der Waals surface area contributed by atoms with E-state index in [1.165, 1.54) is 22.9 Å². The van der Waals surface area contributed by atoms with E-state index in [-0.39, 0.29) is 35.1 Å². The quantitative estimate of drug-likeness (QED) is 0.508. The van der Waals surface area contributed by atoms with Crippen molar-refractivity contribution in [3.05, 3.63) is 47.9 Å². The molecule has 0 atom stereocenters. The molecular weight excluding hydrogens is 370 g/mol. The van der Waals surface area contributed by atoms with Crippen LogP contribution in [0.5, 0.6) is 5.88 Å². The van der Waals surface area contributed by atoms with E-state index < -0.39 is 23.5 Å². The summed E-state index contributed by atoms with van der Waals surface area (Å²) in [6.07, 6.45) is 1.71. The fourth-order valence-electron chi connectivity index (χ4n) is 3.47. The van der Waals surface area contributed by atoms with Crippen LogP contribution in [0.25, 0.3) is 16.9 Å². The highest BCUT2D eigenvalue weighted by molar-refractivity contribution is 6.13. The van der Waals surface area contributed by atoms with E-state index in [1.54, 1.807) is 25.1 Å². The second-order valence-electron chi connectivity index (χ2n) is 5.93. The van der Waals surface area contributed by atoms with Crippen molar-refractivity contribution in [3.8, 4) is 17.1 Å². The molecule has 1 aliphatic carbocycles. The highest BCUT2D eigenvalue weighted by Gasteiger charge is 2.59. The van der Waals surface area contributed by atoms with Crippen molar-refractivity contribution in [2.75, 3.05) is 6.61 Å². The van der Waals surface area contributed by atoms with Gasteiger partial charge in [0.15, 0.2) is 0 Å². The molecule has 0 aliphatic heterocycles. The summed E-state index contributed by atoms with van der Waals surface area (Å²) in [5.41, 5.74) is -2.05. The Bertz CT molecular complexity index is 1140. The lowest BCUT2D eigenvalue weighted by molar-refractivity contribution is -0.155. The second kappa shape index (κ2) is 6.05. The Morgan fingerprint density at radius 1 is 1.18 bits per heavy atom. The first-order valence-electron chi connectivity index (χ1n) is 8.21. The van der Waals surface area contributed by atoms with Gasteiger partial charge in [-0.2, -0.15) is 0 Å². The predicted molar refractivity (Wildman–Crippen MR) is 92.1 cm³/mol. The molecule has 1 aromatic carbocycles. The van der Waals surface area contributed by atoms with Crippen LogP contribution in [0.1, 0.15) is 18.2 Å². The molecule has 10 nitrogen and oxygen atoms in total. The monoisotopic (exact) mass is 383 g/mol. The fourth-order valence-corrected chi connectivity index (χ4v) is 3.47. The number of ether oxygens (including phenoxy) is 2. The number of hydrogen-bond donors (Lipinski definition) is 2. The molecule has 0 radical (unpaired) electrons. The summed E-state index contributed by atoms with van der Waals surface area (Å²) >= 11 is 0. The standard InChI is InChI=1S/C18H13N3O7/c1-2-27-17(26)28-14-13-19-7-8-21(13)12-11(20-14)9-5-3-4-6-10(9)18(12,15(22)23)16(24)25/h3-8H,2H2,1H3,(H,22,23)(H,24,25). The minimum atomic E-state index is -2.39. The van der Waals surface area contributed by atoms with Crippen LogP contribution in [0.2, 0.25) is 0 Å². The van der Waals surface area contributed by atoms with Gasteiger partial charge in [0.1, 0.15) is 0 Å². The van der Waals surface area contributed by atoms with Crippen LogP contribution in [0.15, 0.2) is 36.7 Å². The number of fused-ring (bicyclic) bond motifs is 5. The number of hydrogen-bond acceptors (Lipinski definition) is 7. The van der Waals surface area contributed by atoms with Gasteiger partial charge in [-0.25, -0.2) is 14.8 Å². The van der Waals surface area contributed by atoms with E-state index in [1.807, 2.05) is 0 Å². The fraction of sp³-hybridized carbons (Fsp3) is 0.167. The number of carboxylic acid groups (broad SMARTS) is 2. The lowest BCUT2D eigenvalue weighted by atomic mass is 9.81. The summed E-state index contributed by atoms with van der Waals surface area (Å²) in [7, 11) is 0. The highest BCUT2D eigenvalue weighted by atomic mass is 16.7. The Kier molecular flexibility index (Phi) is 3.77. The third-order valence-electron chi connectivity index (χ3n) is 4.54. The predicted octanol–water partition coefficient (Wildman–Crippen LogP) is 1.70. The molecule has 2 heterocycles. The number of aromatic nitrogens is 3. The maximum Gasteiger partial charge on any atom is 0.515 e. The molecule has 2 aromatic heterocycles. The Hall–Kier alpha value is -3.95. The topological polar surface area (TPSA) is 140 Å². The number of carbonyl (C=O) groups excluding carboxylic acids is 1. The minimum Gasteiger partial charge on any atom is -0.480 e. The Morgan fingerprint density at radius 3 is 2.57 bits per heavy atom. The molecule has 142 valence electrons. The summed E-state index contributed by atoms with van der Waals surface area (Å²) in [5, 5.41) is 19.9. The van der Waals surface area contributed by atoms with Gasteiger partial charge < -0.3 is 19.7 Å². The molecule has 3 aromatic rings. The van der Waals surface area contributed by atoms with Crippen LogP contribution in [0.4, 0.5) is 4.79 Å². The molecule has 4 rings (SSSR count). The van der Waals surface area contributed by atoms with Gasteiger partial charge in [-0.15, -0.1) is 0 Å². The first-order valence-corrected chi connectivity index (χ1v) is 8.21. The third-order valence-corrected chi connectivity index (χ3v) is 4.54. The maximum absolute atomic E-state index is 12.3. The third kappa shape index (κ3) is 2.11. The molecule has 10 heteroatoms. The second-order valence-corrected chi connectivity index (χ2v) is 5.93. The molecule has 0 bridgehead atoms. The van der Waals surface area contributed by atoms with Gasteiger partial charge in [-0.05, 0) is 12.5 Å². The van der Waals surface area contributed by atoms with Crippen LogP contribution in [-0.2, 0) is 19.7 Å². The largest absolute Gasteiger partial charge is 0.515 e. The van der Waals surface area contributed by atoms with Crippen molar-refractivity contribution in [3.63, 3.8) is 0 Å². The van der Waals surface area contributed by atoms with Gasteiger partial charge in [0.2, 0.25) is 11.1 Å². The molecule has 0 saturated heterocycles. The number of aliphatic carboxylic acids is 2. The van der Waals surface area contributed by atoms with Gasteiger partial charge >= 0.3 is 18.1 Å². The van der Waals surface area contributed by atoms with E-state index in [0.717, 1.165) is 0 Å². The van der Waals surface area contributed by atoms with E-state index in [0.29, 0.717) is 5.56 Å². The average molecular weight is 383 g/mol. The van der Waals surface area contributed by atoms with Crippen molar-refractivity contribution < 1.29 is 34.1 Å². The summed E-state index contributed by atoms with van der Waals surface area (Å²) in [4.78, 5) is 44.6. The van der Waals surface area contributed by atoms with Crippen LogP contribution in [0.3, 0.4) is 0 Å². The molecule has 2 N–H and O–H groups in total. The highest BCUT2D eigenvalue weighted by Crippen LogP contribution is 2.49. The zero-order chi connectivity index (χ0) is 20.1. The number of carbonyl (C=O) groups is 3. The first-order chi connectivity index (χ1) is 13.4. The van der Waals surface area contributed by atoms with E-state index in [4.69, 9.17) is 9.47 Å². The summed E-state index contributed by atoms with van der Waals surface area (Å²) < 4.78 is 11.1. The van der Waals surface area contributed by atoms with Gasteiger partial charge in [-0.3, -0.25) is 14.0 Å². The van der Waals surface area contributed by atoms with Crippen LogP contribution in [-0.4, -0.2) is 49.3 Å². The smallest absolute Gasteiger partial charge is 0.480 e. The number of rotatable bonds is 4. The molecular formula is C18H13N3O7. The van der Waals surface area contributed by atoms with Gasteiger partial charge in [0.25, 0.3) is 5.88 Å². The van der Waals surface area contributed by atoms with E-state index >= 15 is 0 Å². The zero-order valence-corrected chi connectivity index (χ0v) is 14.4. The molecule has 0 saturated carbocycles. The van der Waals surface area contributed by atoms with E-state index in [9.17, 15) is 24.6 Å². The lowest BCUT2D eigenvalue weighted by Crippen LogP contribution is -2.44. The number of benzene rings is 1. The van der Waals surface area contributed by atoms with Crippen molar-refractivity contribution in [2.45, 2.75) is 12.3 Å². The molecule has 0 unspecified atom stereocenters. The lowest BCUT2D eigenvalue weighted by Gasteiger charge is -2.22. The van der Waals surface area contributed by atoms with Gasteiger partial charge in [-0.1, -0.05) is 24.3 Å². The summed E-state index contributed by atoms with van der Waals surface area (Å²) in [5.74, 6) is -3.35. The number of nitrogens with zero attached hydrogens (tertiary/aromatic N) is 3. The first kappa shape index (κ1) is 17.5. The minimum absolute atomic E-state index is 0.00789. The molecule has 28 heavy (non-hydrogen) atoms. The van der Waals surface area contributed by atoms with E-state index in [2.05, 4.69) is 9.97 Å². The van der Waals surface area contributed by atoms with Gasteiger partial charge in [0, 0.05) is 18.0 Å². The molecule has 1 aliphatic rings. The van der Waals surface area contributed by atoms with Crippen molar-refractivity contribution >= 4 is 23.7 Å². The molecule has 0 amide bonds. The van der Waals surface area contributed by atoms with Crippen molar-refractivity contribution in [2.24, 2.45) is 0 Å². The van der Waals surface area contributed by atoms with Crippen molar-refractivity contribution in [1.29, 1.82) is 0 Å². The SMILES string of the molecule is CCOC(=O)Oc1nc2c(n3ccnc13)C(C(=O)O)(C(=O)O)c1ccccc1-2. The van der Waals surface area contributed by atoms with Crippen LogP contribution in [0, 0.1) is 0 Å². The number of imidazole rings is 1. The normalized spacial score (nSPS) is 13.6. The Labute approximate surface area is 157 Å². The Balaban J connectivity index is 2.09. The summed E-state index contributed by atoms with van der Waals surface area (Å²) in [6, 6.07) is 6.17. The maximum atomic E-state index is 12.3. The number of carboxylic acids is 2. The average Bonchev–Trinajstić information content (AvgIpc) is 3.23. The molecule has 0 fully saturated rings. The van der Waals surface area contributed by atoms with Crippen LogP contribution >= 0.6 is 0 Å². The van der Waals surface area contributed by atoms with Crippen LogP contribution < -0.4 is 4.74 Å².